The van der Waals surface area contributed by atoms with E-state index in [1.165, 1.54) is 0 Å². The van der Waals surface area contributed by atoms with Crippen LogP contribution in [0.3, 0.4) is 0 Å². The number of aromatic nitrogens is 3. The average Bonchev–Trinajstić information content (AvgIpc) is 3.00. The average molecular weight is 358 g/mol. The summed E-state index contributed by atoms with van der Waals surface area (Å²) in [6.07, 6.45) is 3.68. The quantitative estimate of drug-likeness (QED) is 0.854. The second-order valence-corrected chi connectivity index (χ2v) is 6.94. The number of rotatable bonds is 3. The van der Waals surface area contributed by atoms with Gasteiger partial charge in [-0.15, -0.1) is 0 Å². The van der Waals surface area contributed by atoms with Gasteiger partial charge in [0, 0.05) is 50.3 Å². The lowest BCUT2D eigenvalue weighted by atomic mass is 10.1. The first-order valence-electron chi connectivity index (χ1n) is 8.76. The molecule has 0 spiro atoms. The van der Waals surface area contributed by atoms with Gasteiger partial charge in [0.1, 0.15) is 5.82 Å². The van der Waals surface area contributed by atoms with E-state index in [-0.39, 0.29) is 24.2 Å². The number of amides is 2. The molecule has 1 aliphatic heterocycles. The third kappa shape index (κ3) is 3.65. The number of imidazole rings is 1. The summed E-state index contributed by atoms with van der Waals surface area (Å²) in [5, 5.41) is 2.89. The number of carbonyl (C=O) groups is 1. The van der Waals surface area contributed by atoms with Crippen LogP contribution in [0.2, 0.25) is 0 Å². The van der Waals surface area contributed by atoms with Crippen molar-refractivity contribution in [3.8, 4) is 0 Å². The van der Waals surface area contributed by atoms with Crippen molar-refractivity contribution in [2.75, 3.05) is 26.7 Å². The Kier molecular flexibility index (Phi) is 5.13. The molecule has 2 aromatic rings. The molecule has 1 fully saturated rings. The van der Waals surface area contributed by atoms with E-state index in [0.717, 1.165) is 23.6 Å². The Morgan fingerprint density at radius 2 is 2.12 bits per heavy atom. The SMILES string of the molecule is Cc1cc(C)c(CNC(=O)N2CCN(C)C(c3nccn3C)C2)c(=O)[nH]1. The lowest BCUT2D eigenvalue weighted by Gasteiger charge is -2.38. The first kappa shape index (κ1) is 18.2. The fraction of sp³-hybridized carbons (Fsp3) is 0.500. The van der Waals surface area contributed by atoms with Crippen molar-refractivity contribution in [2.24, 2.45) is 7.05 Å². The molecule has 2 aromatic heterocycles. The highest BCUT2D eigenvalue weighted by Crippen LogP contribution is 2.22. The lowest BCUT2D eigenvalue weighted by Crippen LogP contribution is -2.52. The maximum atomic E-state index is 12.6. The molecule has 2 N–H and O–H groups in total. The summed E-state index contributed by atoms with van der Waals surface area (Å²) in [5.74, 6) is 0.941. The highest BCUT2D eigenvalue weighted by Gasteiger charge is 2.30. The Labute approximate surface area is 152 Å². The van der Waals surface area contributed by atoms with Gasteiger partial charge in [-0.1, -0.05) is 0 Å². The van der Waals surface area contributed by atoms with E-state index in [0.29, 0.717) is 18.7 Å². The second kappa shape index (κ2) is 7.33. The van der Waals surface area contributed by atoms with Gasteiger partial charge >= 0.3 is 6.03 Å². The number of likely N-dealkylation sites (N-methyl/N-ethyl adjacent to an activating group) is 1. The van der Waals surface area contributed by atoms with E-state index in [2.05, 4.69) is 20.2 Å². The van der Waals surface area contributed by atoms with Gasteiger partial charge in [0.15, 0.2) is 0 Å². The van der Waals surface area contributed by atoms with Gasteiger partial charge in [-0.2, -0.15) is 0 Å². The minimum atomic E-state index is -0.156. The molecule has 3 rings (SSSR count). The van der Waals surface area contributed by atoms with E-state index in [9.17, 15) is 9.59 Å². The Morgan fingerprint density at radius 1 is 1.35 bits per heavy atom. The van der Waals surface area contributed by atoms with Crippen molar-refractivity contribution in [2.45, 2.75) is 26.4 Å². The number of nitrogens with zero attached hydrogens (tertiary/aromatic N) is 4. The Bertz CT molecular complexity index is 856. The van der Waals surface area contributed by atoms with Crippen LogP contribution in [0.5, 0.6) is 0 Å². The predicted molar refractivity (Wildman–Crippen MR) is 98.9 cm³/mol. The number of aryl methyl sites for hydroxylation is 3. The van der Waals surface area contributed by atoms with E-state index in [4.69, 9.17) is 0 Å². The molecule has 1 unspecified atom stereocenters. The zero-order valence-corrected chi connectivity index (χ0v) is 15.7. The van der Waals surface area contributed by atoms with Crippen molar-refractivity contribution in [3.63, 3.8) is 0 Å². The summed E-state index contributed by atoms with van der Waals surface area (Å²) in [4.78, 5) is 35.9. The molecule has 0 aliphatic carbocycles. The molecular weight excluding hydrogens is 332 g/mol. The number of H-pyrrole nitrogens is 1. The highest BCUT2D eigenvalue weighted by molar-refractivity contribution is 5.74. The highest BCUT2D eigenvalue weighted by atomic mass is 16.2. The molecule has 140 valence electrons. The molecule has 0 radical (unpaired) electrons. The van der Waals surface area contributed by atoms with E-state index in [1.54, 1.807) is 11.1 Å². The number of pyridine rings is 1. The maximum absolute atomic E-state index is 12.6. The number of nitrogens with one attached hydrogen (secondary N) is 2. The lowest BCUT2D eigenvalue weighted by molar-refractivity contribution is 0.104. The molecule has 0 aromatic carbocycles. The van der Waals surface area contributed by atoms with E-state index < -0.39 is 0 Å². The van der Waals surface area contributed by atoms with Crippen LogP contribution >= 0.6 is 0 Å². The molecule has 26 heavy (non-hydrogen) atoms. The van der Waals surface area contributed by atoms with Crippen LogP contribution < -0.4 is 10.9 Å². The normalized spacial score (nSPS) is 18.2. The van der Waals surface area contributed by atoms with Gasteiger partial charge in [-0.05, 0) is 32.5 Å². The van der Waals surface area contributed by atoms with Crippen LogP contribution in [0, 0.1) is 13.8 Å². The number of hydrogen-bond acceptors (Lipinski definition) is 4. The Hall–Kier alpha value is -2.61. The molecule has 1 saturated heterocycles. The first-order chi connectivity index (χ1) is 12.4. The molecule has 1 atom stereocenters. The Balaban J connectivity index is 1.67. The van der Waals surface area contributed by atoms with E-state index in [1.807, 2.05) is 44.8 Å². The number of hydrogen-bond donors (Lipinski definition) is 2. The number of aromatic amines is 1. The monoisotopic (exact) mass is 358 g/mol. The summed E-state index contributed by atoms with van der Waals surface area (Å²) in [7, 11) is 4.01. The van der Waals surface area contributed by atoms with Crippen LogP contribution in [0.15, 0.2) is 23.3 Å². The molecule has 0 bridgehead atoms. The summed E-state index contributed by atoms with van der Waals surface area (Å²) in [5.41, 5.74) is 2.15. The molecule has 3 heterocycles. The van der Waals surface area contributed by atoms with Crippen molar-refractivity contribution in [1.82, 2.24) is 29.7 Å². The summed E-state index contributed by atoms with van der Waals surface area (Å²) >= 11 is 0. The number of piperazine rings is 1. The molecule has 0 saturated carbocycles. The minimum Gasteiger partial charge on any atom is -0.337 e. The van der Waals surface area contributed by atoms with Gasteiger partial charge in [-0.3, -0.25) is 9.69 Å². The third-order valence-corrected chi connectivity index (χ3v) is 5.00. The van der Waals surface area contributed by atoms with Crippen LogP contribution in [-0.2, 0) is 13.6 Å². The molecule has 8 heteroatoms. The number of carbonyl (C=O) groups excluding carboxylic acids is 1. The number of urea groups is 1. The fourth-order valence-corrected chi connectivity index (χ4v) is 3.41. The van der Waals surface area contributed by atoms with Gasteiger partial charge in [0.05, 0.1) is 12.6 Å². The fourth-order valence-electron chi connectivity index (χ4n) is 3.41. The first-order valence-corrected chi connectivity index (χ1v) is 8.76. The van der Waals surface area contributed by atoms with Crippen LogP contribution in [0.25, 0.3) is 0 Å². The third-order valence-electron chi connectivity index (χ3n) is 5.00. The smallest absolute Gasteiger partial charge is 0.317 e. The summed E-state index contributed by atoms with van der Waals surface area (Å²) in [6.45, 7) is 5.94. The van der Waals surface area contributed by atoms with Crippen molar-refractivity contribution >= 4 is 6.03 Å². The second-order valence-electron chi connectivity index (χ2n) is 6.94. The standard InChI is InChI=1S/C18H26N6O2/c1-12-9-13(2)21-17(25)14(12)10-20-18(26)24-8-7-22(3)15(11-24)16-19-5-6-23(16)4/h5-6,9,15H,7-8,10-11H2,1-4H3,(H,20,26)(H,21,25). The van der Waals surface area contributed by atoms with Gasteiger partial charge in [0.2, 0.25) is 0 Å². The van der Waals surface area contributed by atoms with Crippen molar-refractivity contribution in [1.29, 1.82) is 0 Å². The summed E-state index contributed by atoms with van der Waals surface area (Å²) < 4.78 is 1.98. The topological polar surface area (TPSA) is 86.3 Å². The maximum Gasteiger partial charge on any atom is 0.317 e. The van der Waals surface area contributed by atoms with Crippen LogP contribution in [0.1, 0.15) is 28.7 Å². The molecular formula is C18H26N6O2. The summed E-state index contributed by atoms with van der Waals surface area (Å²) in [6, 6.07) is 1.81. The molecule has 2 amide bonds. The van der Waals surface area contributed by atoms with Gasteiger partial charge in [-0.25, -0.2) is 9.78 Å². The van der Waals surface area contributed by atoms with Gasteiger partial charge in [0.25, 0.3) is 5.56 Å². The van der Waals surface area contributed by atoms with Crippen LogP contribution in [-0.4, -0.2) is 57.0 Å². The van der Waals surface area contributed by atoms with Gasteiger partial charge < -0.3 is 19.8 Å². The molecule has 8 nitrogen and oxygen atoms in total. The Morgan fingerprint density at radius 3 is 2.77 bits per heavy atom. The van der Waals surface area contributed by atoms with E-state index >= 15 is 0 Å². The van der Waals surface area contributed by atoms with Crippen molar-refractivity contribution < 1.29 is 4.79 Å². The largest absolute Gasteiger partial charge is 0.337 e. The predicted octanol–water partition coefficient (Wildman–Crippen LogP) is 0.924. The minimum absolute atomic E-state index is 0.0546. The molecule has 1 aliphatic rings. The van der Waals surface area contributed by atoms with Crippen LogP contribution in [0.4, 0.5) is 4.79 Å². The zero-order chi connectivity index (χ0) is 18.8. The zero-order valence-electron chi connectivity index (χ0n) is 15.7. The van der Waals surface area contributed by atoms with Crippen molar-refractivity contribution in [3.05, 3.63) is 51.5 Å².